The Hall–Kier alpha value is -1.06. The van der Waals surface area contributed by atoms with Crippen LogP contribution in [0.2, 0.25) is 0 Å². The van der Waals surface area contributed by atoms with Gasteiger partial charge in [-0.05, 0) is 31.2 Å². The van der Waals surface area contributed by atoms with E-state index >= 15 is 0 Å². The molecule has 3 heteroatoms. The van der Waals surface area contributed by atoms with Crippen molar-refractivity contribution in [3.05, 3.63) is 29.3 Å². The maximum Gasteiger partial charge on any atom is 0.124 e. The van der Waals surface area contributed by atoms with Crippen molar-refractivity contribution < 1.29 is 9.84 Å². The standard InChI is InChI=1S/C12H19NO2/c1-4-9-5-6-12(15-3)10(7-9)11(14)8-13-2/h5-7,11,13-14H,4,8H2,1-3H3. The Morgan fingerprint density at radius 3 is 2.73 bits per heavy atom. The predicted molar refractivity (Wildman–Crippen MR) is 61.3 cm³/mol. The van der Waals surface area contributed by atoms with Gasteiger partial charge >= 0.3 is 0 Å². The summed E-state index contributed by atoms with van der Waals surface area (Å²) >= 11 is 0. The number of methoxy groups -OCH3 is 1. The van der Waals surface area contributed by atoms with E-state index in [1.807, 2.05) is 25.2 Å². The quantitative estimate of drug-likeness (QED) is 0.772. The Labute approximate surface area is 91.1 Å². The predicted octanol–water partition coefficient (Wildman–Crippen LogP) is 1.51. The molecule has 84 valence electrons. The number of rotatable bonds is 5. The molecule has 15 heavy (non-hydrogen) atoms. The lowest BCUT2D eigenvalue weighted by Gasteiger charge is -2.15. The van der Waals surface area contributed by atoms with Crippen molar-refractivity contribution in [2.45, 2.75) is 19.4 Å². The summed E-state index contributed by atoms with van der Waals surface area (Å²) in [7, 11) is 3.44. The minimum Gasteiger partial charge on any atom is -0.496 e. The smallest absolute Gasteiger partial charge is 0.124 e. The fourth-order valence-electron chi connectivity index (χ4n) is 1.57. The van der Waals surface area contributed by atoms with Gasteiger partial charge in [-0.25, -0.2) is 0 Å². The largest absolute Gasteiger partial charge is 0.496 e. The fraction of sp³-hybridized carbons (Fsp3) is 0.500. The monoisotopic (exact) mass is 209 g/mol. The molecule has 0 aliphatic rings. The summed E-state index contributed by atoms with van der Waals surface area (Å²) in [6.07, 6.45) is 0.444. The molecule has 1 aromatic rings. The average Bonchev–Trinajstić information content (AvgIpc) is 2.28. The first-order valence-electron chi connectivity index (χ1n) is 5.22. The number of nitrogens with one attached hydrogen (secondary N) is 1. The molecule has 0 heterocycles. The number of aliphatic hydroxyl groups is 1. The normalized spacial score (nSPS) is 12.5. The molecular formula is C12H19NO2. The third kappa shape index (κ3) is 2.94. The number of hydrogen-bond acceptors (Lipinski definition) is 3. The van der Waals surface area contributed by atoms with Crippen LogP contribution in [0.4, 0.5) is 0 Å². The van der Waals surface area contributed by atoms with Crippen LogP contribution in [-0.4, -0.2) is 25.8 Å². The molecular weight excluding hydrogens is 190 g/mol. The van der Waals surface area contributed by atoms with E-state index < -0.39 is 6.10 Å². The van der Waals surface area contributed by atoms with Gasteiger partial charge < -0.3 is 15.2 Å². The van der Waals surface area contributed by atoms with Crippen molar-refractivity contribution >= 4 is 0 Å². The molecule has 0 aliphatic heterocycles. The Balaban J connectivity index is 3.00. The van der Waals surface area contributed by atoms with Crippen LogP contribution in [0.5, 0.6) is 5.75 Å². The zero-order valence-corrected chi connectivity index (χ0v) is 9.58. The minimum absolute atomic E-state index is 0.517. The van der Waals surface area contributed by atoms with E-state index in [2.05, 4.69) is 12.2 Å². The minimum atomic E-state index is -0.517. The molecule has 0 aliphatic carbocycles. The average molecular weight is 209 g/mol. The first-order chi connectivity index (χ1) is 7.22. The van der Waals surface area contributed by atoms with Gasteiger partial charge in [0.15, 0.2) is 0 Å². The molecule has 0 radical (unpaired) electrons. The number of aryl methyl sites for hydroxylation is 1. The molecule has 0 saturated carbocycles. The van der Waals surface area contributed by atoms with Crippen molar-refractivity contribution in [3.63, 3.8) is 0 Å². The molecule has 0 fully saturated rings. The number of ether oxygens (including phenoxy) is 1. The highest BCUT2D eigenvalue weighted by Gasteiger charge is 2.12. The van der Waals surface area contributed by atoms with Crippen LogP contribution in [0.25, 0.3) is 0 Å². The van der Waals surface area contributed by atoms with Crippen LogP contribution >= 0.6 is 0 Å². The van der Waals surface area contributed by atoms with E-state index in [1.54, 1.807) is 7.11 Å². The van der Waals surface area contributed by atoms with Crippen LogP contribution in [0, 0.1) is 0 Å². The van der Waals surface area contributed by atoms with E-state index in [9.17, 15) is 5.11 Å². The molecule has 1 rings (SSSR count). The van der Waals surface area contributed by atoms with Crippen molar-refractivity contribution in [1.82, 2.24) is 5.32 Å². The SMILES string of the molecule is CCc1ccc(OC)c(C(O)CNC)c1. The lowest BCUT2D eigenvalue weighted by atomic mass is 10.0. The van der Waals surface area contributed by atoms with Crippen molar-refractivity contribution in [2.75, 3.05) is 20.7 Å². The Morgan fingerprint density at radius 1 is 1.47 bits per heavy atom. The molecule has 0 bridgehead atoms. The molecule has 1 unspecified atom stereocenters. The topological polar surface area (TPSA) is 41.5 Å². The zero-order valence-electron chi connectivity index (χ0n) is 9.58. The Bertz CT molecular complexity index is 312. The van der Waals surface area contributed by atoms with Crippen molar-refractivity contribution in [1.29, 1.82) is 0 Å². The van der Waals surface area contributed by atoms with Crippen LogP contribution in [0.1, 0.15) is 24.2 Å². The number of benzene rings is 1. The number of aliphatic hydroxyl groups excluding tert-OH is 1. The van der Waals surface area contributed by atoms with Gasteiger partial charge in [-0.2, -0.15) is 0 Å². The summed E-state index contributed by atoms with van der Waals surface area (Å²) in [5, 5.41) is 12.9. The van der Waals surface area contributed by atoms with E-state index in [1.165, 1.54) is 5.56 Å². The van der Waals surface area contributed by atoms with Gasteiger partial charge in [0.2, 0.25) is 0 Å². The van der Waals surface area contributed by atoms with Crippen LogP contribution < -0.4 is 10.1 Å². The van der Waals surface area contributed by atoms with Crippen molar-refractivity contribution in [3.8, 4) is 5.75 Å². The maximum atomic E-state index is 9.91. The summed E-state index contributed by atoms with van der Waals surface area (Å²) in [4.78, 5) is 0. The Morgan fingerprint density at radius 2 is 2.20 bits per heavy atom. The fourth-order valence-corrected chi connectivity index (χ4v) is 1.57. The van der Waals surface area contributed by atoms with Gasteiger partial charge in [-0.15, -0.1) is 0 Å². The van der Waals surface area contributed by atoms with Gasteiger partial charge in [0, 0.05) is 12.1 Å². The summed E-state index contributed by atoms with van der Waals surface area (Å²) in [6, 6.07) is 5.93. The lowest BCUT2D eigenvalue weighted by Crippen LogP contribution is -2.17. The van der Waals surface area contributed by atoms with Gasteiger partial charge in [0.05, 0.1) is 13.2 Å². The Kier molecular flexibility index (Phi) is 4.59. The second-order valence-corrected chi connectivity index (χ2v) is 3.50. The molecule has 1 aromatic carbocycles. The molecule has 0 saturated heterocycles. The van der Waals surface area contributed by atoms with E-state index in [0.29, 0.717) is 6.54 Å². The highest BCUT2D eigenvalue weighted by Crippen LogP contribution is 2.26. The number of likely N-dealkylation sites (N-methyl/N-ethyl adjacent to an activating group) is 1. The maximum absolute atomic E-state index is 9.91. The third-order valence-electron chi connectivity index (χ3n) is 2.46. The summed E-state index contributed by atoms with van der Waals surface area (Å²) in [5.41, 5.74) is 2.06. The van der Waals surface area contributed by atoms with Gasteiger partial charge in [-0.3, -0.25) is 0 Å². The highest BCUT2D eigenvalue weighted by molar-refractivity contribution is 5.39. The van der Waals surface area contributed by atoms with Gasteiger partial charge in [0.25, 0.3) is 0 Å². The molecule has 0 amide bonds. The van der Waals surface area contributed by atoms with Crippen molar-refractivity contribution in [2.24, 2.45) is 0 Å². The molecule has 0 spiro atoms. The first kappa shape index (κ1) is 12.0. The third-order valence-corrected chi connectivity index (χ3v) is 2.46. The van der Waals surface area contributed by atoms with Gasteiger partial charge in [-0.1, -0.05) is 13.0 Å². The van der Waals surface area contributed by atoms with E-state index in [4.69, 9.17) is 4.74 Å². The van der Waals surface area contributed by atoms with E-state index in [0.717, 1.165) is 17.7 Å². The summed E-state index contributed by atoms with van der Waals surface area (Å²) in [5.74, 6) is 0.745. The second kappa shape index (κ2) is 5.73. The van der Waals surface area contributed by atoms with Crippen LogP contribution in [-0.2, 0) is 6.42 Å². The lowest BCUT2D eigenvalue weighted by molar-refractivity contribution is 0.173. The van der Waals surface area contributed by atoms with Gasteiger partial charge in [0.1, 0.15) is 5.75 Å². The number of hydrogen-bond donors (Lipinski definition) is 2. The van der Waals surface area contributed by atoms with Crippen LogP contribution in [0.3, 0.4) is 0 Å². The summed E-state index contributed by atoms with van der Waals surface area (Å²) in [6.45, 7) is 2.62. The summed E-state index contributed by atoms with van der Waals surface area (Å²) < 4.78 is 5.22. The zero-order chi connectivity index (χ0) is 11.3. The first-order valence-corrected chi connectivity index (χ1v) is 5.22. The van der Waals surface area contributed by atoms with E-state index in [-0.39, 0.29) is 0 Å². The molecule has 1 atom stereocenters. The molecule has 0 aromatic heterocycles. The molecule has 2 N–H and O–H groups in total. The highest BCUT2D eigenvalue weighted by atomic mass is 16.5. The second-order valence-electron chi connectivity index (χ2n) is 3.50. The van der Waals surface area contributed by atoms with Crippen LogP contribution in [0.15, 0.2) is 18.2 Å². The molecule has 3 nitrogen and oxygen atoms in total.